The molecular formula is C10H10ClNO4PS2+. The molecule has 0 aliphatic carbocycles. The summed E-state index contributed by atoms with van der Waals surface area (Å²) in [4.78, 5) is 11.8. The van der Waals surface area contributed by atoms with Gasteiger partial charge in [-0.25, -0.2) is 4.79 Å². The molecule has 1 aromatic carbocycles. The topological polar surface area (TPSA) is 53.6 Å². The van der Waals surface area contributed by atoms with Gasteiger partial charge in [0.25, 0.3) is 0 Å². The van der Waals surface area contributed by atoms with Gasteiger partial charge in [-0.2, -0.15) is 3.97 Å². The highest BCUT2D eigenvalue weighted by molar-refractivity contribution is 8.63. The van der Waals surface area contributed by atoms with Crippen molar-refractivity contribution in [2.24, 2.45) is 0 Å². The zero-order valence-electron chi connectivity index (χ0n) is 10.0. The first-order chi connectivity index (χ1) is 9.06. The molecule has 1 atom stereocenters. The number of ether oxygens (including phenoxy) is 2. The van der Waals surface area contributed by atoms with Crippen molar-refractivity contribution < 1.29 is 13.9 Å². The lowest BCUT2D eigenvalue weighted by Gasteiger charge is -2.03. The van der Waals surface area contributed by atoms with Crippen LogP contribution in [0.15, 0.2) is 27.4 Å². The first kappa shape index (κ1) is 15.0. The van der Waals surface area contributed by atoms with E-state index in [0.29, 0.717) is 16.1 Å². The van der Waals surface area contributed by atoms with Crippen molar-refractivity contribution in [3.05, 3.63) is 33.8 Å². The van der Waals surface area contributed by atoms with Crippen LogP contribution in [0.3, 0.4) is 0 Å². The average molecular weight is 339 g/mol. The van der Waals surface area contributed by atoms with E-state index in [4.69, 9.17) is 37.3 Å². The van der Waals surface area contributed by atoms with E-state index in [1.807, 2.05) is 0 Å². The van der Waals surface area contributed by atoms with Gasteiger partial charge in [0.15, 0.2) is 17.4 Å². The Hall–Kier alpha value is -0.430. The lowest BCUT2D eigenvalue weighted by Crippen LogP contribution is -2.10. The first-order valence-electron chi connectivity index (χ1n) is 5.08. The maximum atomic E-state index is 11.8. The Bertz CT molecular complexity index is 667. The van der Waals surface area contributed by atoms with Gasteiger partial charge in [-0.1, -0.05) is 11.6 Å². The molecule has 2 rings (SSSR count). The van der Waals surface area contributed by atoms with Gasteiger partial charge < -0.3 is 13.9 Å². The highest BCUT2D eigenvalue weighted by Crippen LogP contribution is 2.45. The van der Waals surface area contributed by atoms with Gasteiger partial charge >= 0.3 is 17.7 Å². The number of methoxy groups -OCH3 is 2. The molecule has 0 N–H and O–H groups in total. The molecule has 0 fully saturated rings. The first-order valence-corrected chi connectivity index (χ1v) is 9.26. The van der Waals surface area contributed by atoms with Gasteiger partial charge in [0, 0.05) is 25.3 Å². The number of oxazole rings is 1. The molecule has 9 heteroatoms. The molecule has 1 aromatic heterocycles. The Morgan fingerprint density at radius 3 is 2.79 bits per heavy atom. The highest BCUT2D eigenvalue weighted by Gasteiger charge is 2.30. The second-order valence-electron chi connectivity index (χ2n) is 3.42. The maximum Gasteiger partial charge on any atom is 0.433 e. The van der Waals surface area contributed by atoms with Gasteiger partial charge in [0.1, 0.15) is 5.52 Å². The summed E-state index contributed by atoms with van der Waals surface area (Å²) in [5.74, 6) is -1.66. The van der Waals surface area contributed by atoms with Crippen molar-refractivity contribution in [3.8, 4) is 0 Å². The number of hydrogen-bond donors (Lipinski definition) is 0. The van der Waals surface area contributed by atoms with Gasteiger partial charge in [-0.15, -0.1) is 0 Å². The van der Waals surface area contributed by atoms with Gasteiger partial charge in [0.05, 0.1) is 0 Å². The Balaban J connectivity index is 2.38. The molecule has 1 heterocycles. The minimum absolute atomic E-state index is 0.426. The van der Waals surface area contributed by atoms with Crippen LogP contribution < -0.4 is 5.76 Å². The molecule has 0 saturated carbocycles. The predicted molar refractivity (Wildman–Crippen MR) is 80.6 cm³/mol. The van der Waals surface area contributed by atoms with Crippen molar-refractivity contribution in [1.82, 2.24) is 3.97 Å². The fourth-order valence-electron chi connectivity index (χ4n) is 1.44. The number of halogens is 1. The minimum atomic E-state index is -1.17. The molecule has 0 spiro atoms. The molecule has 0 bridgehead atoms. The SMILES string of the molecule is COC(OC)[P+](=S)Sn1c(=O)oc2cc(Cl)ccc21. The van der Waals surface area contributed by atoms with Crippen molar-refractivity contribution in [1.29, 1.82) is 0 Å². The van der Waals surface area contributed by atoms with Crippen LogP contribution in [0.25, 0.3) is 11.1 Å². The second-order valence-corrected chi connectivity index (χ2v) is 8.92. The number of benzene rings is 1. The van der Waals surface area contributed by atoms with Crippen LogP contribution in [0.5, 0.6) is 0 Å². The van der Waals surface area contributed by atoms with Crippen LogP contribution in [0.1, 0.15) is 0 Å². The van der Waals surface area contributed by atoms with Gasteiger partial charge in [-0.05, 0) is 12.1 Å². The molecule has 5 nitrogen and oxygen atoms in total. The smallest absolute Gasteiger partial charge is 0.407 e. The minimum Gasteiger partial charge on any atom is -0.407 e. The number of aromatic nitrogens is 1. The van der Waals surface area contributed by atoms with Crippen LogP contribution in [-0.4, -0.2) is 24.2 Å². The van der Waals surface area contributed by atoms with Crippen LogP contribution in [0, 0.1) is 0 Å². The Labute approximate surface area is 124 Å². The fraction of sp³-hybridized carbons (Fsp3) is 0.300. The molecular weight excluding hydrogens is 329 g/mol. The summed E-state index contributed by atoms with van der Waals surface area (Å²) in [7, 11) is 3.01. The standard InChI is InChI=1S/C10H10ClNO4PS2/c1-14-10(15-2)17(18)19-12-7-4-3-6(11)5-8(7)16-9(12)13/h3-5,10H,1-2H3/q+1. The van der Waals surface area contributed by atoms with E-state index in [1.54, 1.807) is 18.2 Å². The van der Waals surface area contributed by atoms with Gasteiger partial charge in [-0.3, -0.25) is 0 Å². The molecule has 19 heavy (non-hydrogen) atoms. The Morgan fingerprint density at radius 2 is 2.16 bits per heavy atom. The second kappa shape index (κ2) is 6.35. The predicted octanol–water partition coefficient (Wildman–Crippen LogP) is 3.18. The van der Waals surface area contributed by atoms with E-state index in [9.17, 15) is 4.79 Å². The number of fused-ring (bicyclic) bond motifs is 1. The molecule has 0 radical (unpaired) electrons. The third-order valence-electron chi connectivity index (χ3n) is 2.24. The van der Waals surface area contributed by atoms with E-state index < -0.39 is 17.7 Å². The third-order valence-corrected chi connectivity index (χ3v) is 6.52. The molecule has 0 amide bonds. The number of hydrogen-bond acceptors (Lipinski definition) is 6. The summed E-state index contributed by atoms with van der Waals surface area (Å²) >= 11 is 12.3. The quantitative estimate of drug-likeness (QED) is 0.616. The molecule has 2 aromatic rings. The Kier molecular flexibility index (Phi) is 5.00. The molecule has 0 aliphatic rings. The lowest BCUT2D eigenvalue weighted by molar-refractivity contribution is -0.0361. The van der Waals surface area contributed by atoms with E-state index >= 15 is 0 Å². The monoisotopic (exact) mass is 338 g/mol. The molecule has 1 unspecified atom stereocenters. The van der Waals surface area contributed by atoms with Crippen LogP contribution >= 0.6 is 29.1 Å². The number of rotatable bonds is 5. The van der Waals surface area contributed by atoms with Crippen molar-refractivity contribution in [3.63, 3.8) is 0 Å². The average Bonchev–Trinajstić information content (AvgIpc) is 2.66. The van der Waals surface area contributed by atoms with E-state index in [-0.39, 0.29) is 0 Å². The fourth-order valence-corrected chi connectivity index (χ4v) is 5.33. The van der Waals surface area contributed by atoms with E-state index in [2.05, 4.69) is 0 Å². The summed E-state index contributed by atoms with van der Waals surface area (Å²) in [6.45, 7) is 0. The van der Waals surface area contributed by atoms with Gasteiger partial charge in [0.2, 0.25) is 11.6 Å². The zero-order chi connectivity index (χ0) is 14.0. The normalized spacial score (nSPS) is 12.3. The van der Waals surface area contributed by atoms with E-state index in [1.165, 1.54) is 29.8 Å². The van der Waals surface area contributed by atoms with Crippen LogP contribution in [0.4, 0.5) is 0 Å². The Morgan fingerprint density at radius 1 is 1.47 bits per heavy atom. The molecule has 0 saturated heterocycles. The maximum absolute atomic E-state index is 11.8. The largest absolute Gasteiger partial charge is 0.433 e. The summed E-state index contributed by atoms with van der Waals surface area (Å²) < 4.78 is 16.7. The third kappa shape index (κ3) is 3.18. The van der Waals surface area contributed by atoms with E-state index in [0.717, 1.165) is 0 Å². The summed E-state index contributed by atoms with van der Waals surface area (Å²) in [5.41, 5.74) is 1.05. The van der Waals surface area contributed by atoms with Crippen molar-refractivity contribution in [2.45, 2.75) is 6.03 Å². The highest BCUT2D eigenvalue weighted by atomic mass is 35.5. The summed E-state index contributed by atoms with van der Waals surface area (Å²) in [5, 5.41) is 0.505. The van der Waals surface area contributed by atoms with Crippen molar-refractivity contribution >= 4 is 52.0 Å². The molecule has 0 aliphatic heterocycles. The summed E-state index contributed by atoms with van der Waals surface area (Å²) in [6, 6.07) is 4.46. The van der Waals surface area contributed by atoms with Crippen LogP contribution in [0.2, 0.25) is 5.02 Å². The summed E-state index contributed by atoms with van der Waals surface area (Å²) in [6.07, 6.45) is 0. The zero-order valence-corrected chi connectivity index (χ0v) is 13.3. The van der Waals surface area contributed by atoms with Crippen LogP contribution in [-0.2, 0) is 21.3 Å². The number of nitrogens with zero attached hydrogens (tertiary/aromatic N) is 1. The lowest BCUT2D eigenvalue weighted by atomic mass is 10.3. The molecule has 102 valence electrons. The van der Waals surface area contributed by atoms with Crippen molar-refractivity contribution in [2.75, 3.05) is 14.2 Å².